The molecular formula is C37H55N7O5. The standard InChI is InChI=1S/C37H55N7O5/c1-24(2)21-30(33(46)41-29(17-11-12-19-38)36(49)44-20-18-37(40,23-44)26(4)45)42-34(47)31(22-27-13-7-5-8-14-27)43-35(48)32(39)25(3)28-15-9-6-10-16-28/h5-10,13-16,24-25,29-32H,11-12,17-23,38-40H2,1-4H3,(H,41,46)(H,42,47)(H,43,48)/t25-,29-,30-,31-,32-,37?/m1/s1. The summed E-state index contributed by atoms with van der Waals surface area (Å²) in [7, 11) is 0. The molecule has 3 rings (SSSR count). The zero-order chi connectivity index (χ0) is 36.1. The number of nitrogens with zero attached hydrogens (tertiary/aromatic N) is 1. The first-order valence-electron chi connectivity index (χ1n) is 17.3. The number of amides is 4. The van der Waals surface area contributed by atoms with Crippen LogP contribution in [0.2, 0.25) is 0 Å². The van der Waals surface area contributed by atoms with Gasteiger partial charge in [0.25, 0.3) is 0 Å². The Morgan fingerprint density at radius 3 is 1.96 bits per heavy atom. The average Bonchev–Trinajstić information content (AvgIpc) is 3.50. The molecule has 0 saturated carbocycles. The molecule has 1 heterocycles. The Bertz CT molecular complexity index is 1410. The molecule has 1 aliphatic rings. The Hall–Kier alpha value is -4.13. The molecule has 1 saturated heterocycles. The highest BCUT2D eigenvalue weighted by atomic mass is 16.2. The van der Waals surface area contributed by atoms with Crippen LogP contribution in [0.15, 0.2) is 60.7 Å². The minimum Gasteiger partial charge on any atom is -0.343 e. The van der Waals surface area contributed by atoms with Gasteiger partial charge >= 0.3 is 0 Å². The molecule has 12 nitrogen and oxygen atoms in total. The molecule has 0 aromatic heterocycles. The molecule has 0 radical (unpaired) electrons. The molecule has 4 amide bonds. The van der Waals surface area contributed by atoms with Crippen molar-refractivity contribution in [3.63, 3.8) is 0 Å². The van der Waals surface area contributed by atoms with Crippen LogP contribution in [0.4, 0.5) is 0 Å². The summed E-state index contributed by atoms with van der Waals surface area (Å²) in [4.78, 5) is 68.6. The Morgan fingerprint density at radius 1 is 0.816 bits per heavy atom. The third kappa shape index (κ3) is 11.5. The lowest BCUT2D eigenvalue weighted by molar-refractivity contribution is -0.137. The molecule has 0 bridgehead atoms. The molecule has 268 valence electrons. The molecule has 0 spiro atoms. The van der Waals surface area contributed by atoms with E-state index in [0.29, 0.717) is 38.8 Å². The van der Waals surface area contributed by atoms with Crippen LogP contribution in [0, 0.1) is 5.92 Å². The number of carbonyl (C=O) groups is 5. The lowest BCUT2D eigenvalue weighted by Crippen LogP contribution is -2.59. The fourth-order valence-electron chi connectivity index (χ4n) is 6.04. The second kappa shape index (κ2) is 18.6. The van der Waals surface area contributed by atoms with Gasteiger partial charge in [-0.1, -0.05) is 81.4 Å². The van der Waals surface area contributed by atoms with Crippen LogP contribution in [0.5, 0.6) is 0 Å². The van der Waals surface area contributed by atoms with Crippen LogP contribution in [-0.2, 0) is 30.4 Å². The molecule has 6 atom stereocenters. The van der Waals surface area contributed by atoms with E-state index in [-0.39, 0.29) is 42.9 Å². The second-order valence-corrected chi connectivity index (χ2v) is 13.7. The third-order valence-corrected chi connectivity index (χ3v) is 9.30. The Kier molecular flexibility index (Phi) is 14.9. The first kappa shape index (κ1) is 39.3. The summed E-state index contributed by atoms with van der Waals surface area (Å²) in [5.41, 5.74) is 18.9. The Labute approximate surface area is 290 Å². The molecule has 1 fully saturated rings. The summed E-state index contributed by atoms with van der Waals surface area (Å²) in [5.74, 6) is -2.38. The number of rotatable bonds is 18. The number of likely N-dealkylation sites (tertiary alicyclic amines) is 1. The quantitative estimate of drug-likeness (QED) is 0.127. The monoisotopic (exact) mass is 677 g/mol. The van der Waals surface area contributed by atoms with Crippen LogP contribution >= 0.6 is 0 Å². The van der Waals surface area contributed by atoms with Crippen molar-refractivity contribution in [1.82, 2.24) is 20.9 Å². The molecular weight excluding hydrogens is 622 g/mol. The van der Waals surface area contributed by atoms with Gasteiger partial charge in [-0.2, -0.15) is 0 Å². The fraction of sp³-hybridized carbons (Fsp3) is 0.541. The minimum absolute atomic E-state index is 0.0109. The number of unbranched alkanes of at least 4 members (excludes halogenated alkanes) is 1. The first-order valence-corrected chi connectivity index (χ1v) is 17.3. The molecule has 49 heavy (non-hydrogen) atoms. The summed E-state index contributed by atoms with van der Waals surface area (Å²) < 4.78 is 0. The molecule has 1 aliphatic heterocycles. The van der Waals surface area contributed by atoms with Gasteiger partial charge in [0.1, 0.15) is 18.1 Å². The average molecular weight is 678 g/mol. The van der Waals surface area contributed by atoms with E-state index in [0.717, 1.165) is 11.1 Å². The van der Waals surface area contributed by atoms with Gasteiger partial charge in [-0.3, -0.25) is 24.0 Å². The summed E-state index contributed by atoms with van der Waals surface area (Å²) in [6.45, 7) is 7.93. The first-order chi connectivity index (χ1) is 23.2. The number of hydrogen-bond acceptors (Lipinski definition) is 8. The van der Waals surface area contributed by atoms with Gasteiger partial charge in [0.15, 0.2) is 5.78 Å². The van der Waals surface area contributed by atoms with E-state index in [1.165, 1.54) is 11.8 Å². The number of benzene rings is 2. The van der Waals surface area contributed by atoms with E-state index >= 15 is 0 Å². The van der Waals surface area contributed by atoms with Crippen LogP contribution < -0.4 is 33.2 Å². The Morgan fingerprint density at radius 2 is 1.39 bits per heavy atom. The third-order valence-electron chi connectivity index (χ3n) is 9.30. The number of nitrogens with one attached hydrogen (secondary N) is 3. The molecule has 0 aliphatic carbocycles. The van der Waals surface area contributed by atoms with E-state index in [9.17, 15) is 24.0 Å². The highest BCUT2D eigenvalue weighted by Crippen LogP contribution is 2.22. The van der Waals surface area contributed by atoms with E-state index in [1.807, 2.05) is 81.4 Å². The second-order valence-electron chi connectivity index (χ2n) is 13.7. The van der Waals surface area contributed by atoms with Gasteiger partial charge in [0.2, 0.25) is 23.6 Å². The molecule has 2 aromatic carbocycles. The maximum absolute atomic E-state index is 13.9. The number of nitrogens with two attached hydrogens (primary N) is 3. The van der Waals surface area contributed by atoms with Crippen molar-refractivity contribution in [2.45, 2.75) is 102 Å². The van der Waals surface area contributed by atoms with E-state index in [4.69, 9.17) is 17.2 Å². The zero-order valence-corrected chi connectivity index (χ0v) is 29.3. The van der Waals surface area contributed by atoms with E-state index in [2.05, 4.69) is 16.0 Å². The zero-order valence-electron chi connectivity index (χ0n) is 29.3. The predicted octanol–water partition coefficient (Wildman–Crippen LogP) is 1.51. The summed E-state index contributed by atoms with van der Waals surface area (Å²) in [6, 6.07) is 14.9. The normalized spacial score (nSPS) is 19.0. The van der Waals surface area contributed by atoms with E-state index in [1.54, 1.807) is 0 Å². The van der Waals surface area contributed by atoms with Gasteiger partial charge in [-0.05, 0) is 62.6 Å². The van der Waals surface area contributed by atoms with Crippen LogP contribution in [0.25, 0.3) is 0 Å². The van der Waals surface area contributed by atoms with E-state index < -0.39 is 47.4 Å². The molecule has 9 N–H and O–H groups in total. The van der Waals surface area contributed by atoms with Crippen molar-refractivity contribution in [1.29, 1.82) is 0 Å². The predicted molar refractivity (Wildman–Crippen MR) is 190 cm³/mol. The van der Waals surface area contributed by atoms with Crippen molar-refractivity contribution < 1.29 is 24.0 Å². The highest BCUT2D eigenvalue weighted by Gasteiger charge is 2.42. The lowest BCUT2D eigenvalue weighted by atomic mass is 9.93. The SMILES string of the molecule is CC(=O)C1(N)CCN(C(=O)[C@@H](CCCCN)NC(=O)[C@@H](CC(C)C)NC(=O)[C@@H](Cc2ccccc2)NC(=O)[C@H](N)[C@H](C)c2ccccc2)C1. The van der Waals surface area contributed by atoms with Crippen molar-refractivity contribution in [2.75, 3.05) is 19.6 Å². The number of ketones is 1. The molecule has 1 unspecified atom stereocenters. The number of Topliss-reactive ketones (excluding diaryl/α,β-unsaturated/α-hetero) is 1. The van der Waals surface area contributed by atoms with Crippen molar-refractivity contribution in [3.05, 3.63) is 71.8 Å². The smallest absolute Gasteiger partial charge is 0.245 e. The van der Waals surface area contributed by atoms with Gasteiger partial charge in [0, 0.05) is 25.4 Å². The Balaban J connectivity index is 1.80. The highest BCUT2D eigenvalue weighted by molar-refractivity contribution is 5.95. The summed E-state index contributed by atoms with van der Waals surface area (Å²) in [5, 5.41) is 8.59. The summed E-state index contributed by atoms with van der Waals surface area (Å²) in [6.07, 6.45) is 2.39. The van der Waals surface area contributed by atoms with Gasteiger partial charge in [-0.15, -0.1) is 0 Å². The summed E-state index contributed by atoms with van der Waals surface area (Å²) >= 11 is 0. The maximum Gasteiger partial charge on any atom is 0.245 e. The van der Waals surface area contributed by atoms with Crippen LogP contribution in [0.1, 0.15) is 76.8 Å². The van der Waals surface area contributed by atoms with Crippen molar-refractivity contribution in [3.8, 4) is 0 Å². The van der Waals surface area contributed by atoms with Gasteiger partial charge in [-0.25, -0.2) is 0 Å². The number of hydrogen-bond donors (Lipinski definition) is 6. The van der Waals surface area contributed by atoms with Crippen LogP contribution in [0.3, 0.4) is 0 Å². The maximum atomic E-state index is 13.9. The molecule has 12 heteroatoms. The van der Waals surface area contributed by atoms with Crippen LogP contribution in [-0.4, -0.2) is 83.7 Å². The van der Waals surface area contributed by atoms with Crippen molar-refractivity contribution in [2.24, 2.45) is 23.1 Å². The topological polar surface area (TPSA) is 203 Å². The molecule has 2 aromatic rings. The largest absolute Gasteiger partial charge is 0.343 e. The number of carbonyl (C=O) groups excluding carboxylic acids is 5. The van der Waals surface area contributed by atoms with Gasteiger partial charge < -0.3 is 38.1 Å². The minimum atomic E-state index is -1.12. The lowest BCUT2D eigenvalue weighted by Gasteiger charge is -2.29. The van der Waals surface area contributed by atoms with Gasteiger partial charge in [0.05, 0.1) is 11.6 Å². The van der Waals surface area contributed by atoms with Crippen molar-refractivity contribution >= 4 is 29.4 Å². The fourth-order valence-corrected chi connectivity index (χ4v) is 6.04.